The number of rotatable bonds is 3. The number of carbonyl (C=O) groups is 1. The molecular weight excluding hydrogens is 340 g/mol. The Kier molecular flexibility index (Phi) is 3.94. The van der Waals surface area contributed by atoms with Crippen LogP contribution < -0.4 is 11.5 Å². The summed E-state index contributed by atoms with van der Waals surface area (Å²) in [6.07, 6.45) is 1.87. The number of carbonyl (C=O) groups excluding carboxylic acids is 1. The highest BCUT2D eigenvalue weighted by atomic mass is 35.5. The molecular formula is C14H11ClN4OS2. The van der Waals surface area contributed by atoms with Crippen molar-refractivity contribution in [2.75, 3.05) is 17.7 Å². The lowest BCUT2D eigenvalue weighted by Gasteiger charge is -2.02. The van der Waals surface area contributed by atoms with Crippen LogP contribution in [0.3, 0.4) is 0 Å². The van der Waals surface area contributed by atoms with Crippen LogP contribution in [0, 0.1) is 0 Å². The van der Waals surface area contributed by atoms with Crippen LogP contribution in [0.15, 0.2) is 29.3 Å². The highest BCUT2D eigenvalue weighted by molar-refractivity contribution is 7.98. The molecule has 0 saturated carbocycles. The highest BCUT2D eigenvalue weighted by Crippen LogP contribution is 2.38. The van der Waals surface area contributed by atoms with Crippen LogP contribution in [0.2, 0.25) is 5.02 Å². The van der Waals surface area contributed by atoms with E-state index in [1.807, 2.05) is 6.26 Å². The van der Waals surface area contributed by atoms with Crippen molar-refractivity contribution in [1.29, 1.82) is 0 Å². The van der Waals surface area contributed by atoms with E-state index in [1.54, 1.807) is 24.3 Å². The van der Waals surface area contributed by atoms with E-state index in [4.69, 9.17) is 23.1 Å². The first-order valence-electron chi connectivity index (χ1n) is 6.21. The second kappa shape index (κ2) is 5.75. The van der Waals surface area contributed by atoms with Gasteiger partial charge in [0.05, 0.1) is 11.1 Å². The molecule has 3 aromatic rings. The number of nitrogens with zero attached hydrogens (tertiary/aromatic N) is 2. The molecule has 5 nitrogen and oxygen atoms in total. The van der Waals surface area contributed by atoms with E-state index in [2.05, 4.69) is 9.97 Å². The lowest BCUT2D eigenvalue weighted by molar-refractivity contribution is 0.104. The number of fused-ring (bicyclic) bond motifs is 1. The fraction of sp³-hybridized carbons (Fsp3) is 0.0714. The summed E-state index contributed by atoms with van der Waals surface area (Å²) in [5, 5.41) is 1.93. The molecule has 2 heterocycles. The zero-order valence-electron chi connectivity index (χ0n) is 11.5. The van der Waals surface area contributed by atoms with E-state index in [-0.39, 0.29) is 11.7 Å². The minimum Gasteiger partial charge on any atom is -0.397 e. The van der Waals surface area contributed by atoms with E-state index in [0.29, 0.717) is 36.4 Å². The average molecular weight is 351 g/mol. The quantitative estimate of drug-likeness (QED) is 0.426. The molecule has 4 N–H and O–H groups in total. The minimum absolute atomic E-state index is 0.164. The van der Waals surface area contributed by atoms with Crippen LogP contribution in [0.25, 0.3) is 10.2 Å². The van der Waals surface area contributed by atoms with Gasteiger partial charge in [0.2, 0.25) is 11.7 Å². The van der Waals surface area contributed by atoms with E-state index in [0.717, 1.165) is 0 Å². The average Bonchev–Trinajstić information content (AvgIpc) is 2.83. The second-order valence-corrected chi connectivity index (χ2v) is 6.68. The third-order valence-corrected chi connectivity index (χ3v) is 5.11. The third-order valence-electron chi connectivity index (χ3n) is 3.08. The summed E-state index contributed by atoms with van der Waals surface area (Å²) in [6, 6.07) is 6.68. The van der Waals surface area contributed by atoms with Crippen molar-refractivity contribution in [1.82, 2.24) is 9.97 Å². The monoisotopic (exact) mass is 350 g/mol. The molecule has 0 aliphatic heterocycles. The first-order valence-corrected chi connectivity index (χ1v) is 8.63. The van der Waals surface area contributed by atoms with Crippen molar-refractivity contribution in [3.05, 3.63) is 39.7 Å². The first kappa shape index (κ1) is 15.1. The molecule has 2 aromatic heterocycles. The Labute approximate surface area is 139 Å². The molecule has 0 fully saturated rings. The number of thiophene rings is 1. The Balaban J connectivity index is 2.17. The summed E-state index contributed by atoms with van der Waals surface area (Å²) in [7, 11) is 0. The Bertz CT molecular complexity index is 877. The summed E-state index contributed by atoms with van der Waals surface area (Å²) in [4.78, 5) is 22.0. The maximum atomic E-state index is 12.6. The maximum absolute atomic E-state index is 12.6. The van der Waals surface area contributed by atoms with Gasteiger partial charge in [0.1, 0.15) is 14.7 Å². The molecule has 1 aromatic carbocycles. The number of halogens is 1. The van der Waals surface area contributed by atoms with E-state index < -0.39 is 0 Å². The number of ketones is 1. The van der Waals surface area contributed by atoms with Crippen molar-refractivity contribution in [3.63, 3.8) is 0 Å². The molecule has 8 heteroatoms. The number of nitrogens with two attached hydrogens (primary N) is 2. The lowest BCUT2D eigenvalue weighted by atomic mass is 10.1. The van der Waals surface area contributed by atoms with Gasteiger partial charge in [-0.3, -0.25) is 4.79 Å². The van der Waals surface area contributed by atoms with Gasteiger partial charge in [0, 0.05) is 10.6 Å². The van der Waals surface area contributed by atoms with Crippen LogP contribution in [0.1, 0.15) is 15.2 Å². The van der Waals surface area contributed by atoms with Gasteiger partial charge in [0.15, 0.2) is 0 Å². The fourth-order valence-corrected chi connectivity index (χ4v) is 3.90. The van der Waals surface area contributed by atoms with Crippen LogP contribution >= 0.6 is 34.7 Å². The Morgan fingerprint density at radius 3 is 2.55 bits per heavy atom. The summed E-state index contributed by atoms with van der Waals surface area (Å²) in [6.45, 7) is 0. The van der Waals surface area contributed by atoms with Gasteiger partial charge in [0.25, 0.3) is 0 Å². The highest BCUT2D eigenvalue weighted by Gasteiger charge is 2.21. The van der Waals surface area contributed by atoms with Gasteiger partial charge < -0.3 is 11.5 Å². The molecule has 0 atom stereocenters. The van der Waals surface area contributed by atoms with Gasteiger partial charge in [-0.1, -0.05) is 11.6 Å². The molecule has 3 rings (SSSR count). The topological polar surface area (TPSA) is 94.9 Å². The number of thioether (sulfide) groups is 1. The van der Waals surface area contributed by atoms with Crippen molar-refractivity contribution >= 4 is 62.3 Å². The molecule has 0 aliphatic rings. The number of anilines is 2. The number of nitrogen functional groups attached to an aromatic ring is 2. The standard InChI is InChI=1S/C14H11ClN4OS2/c1-21-12-8-9(16)11(22-13(8)19-14(17)18-12)10(20)6-2-4-7(15)5-3-6/h2-5H,16H2,1H3,(H2,17,18,19). The number of hydrogen-bond donors (Lipinski definition) is 2. The van der Waals surface area contributed by atoms with E-state index >= 15 is 0 Å². The zero-order chi connectivity index (χ0) is 15.9. The second-order valence-electron chi connectivity index (χ2n) is 4.45. The normalized spacial score (nSPS) is 11.0. The molecule has 0 aliphatic carbocycles. The van der Waals surface area contributed by atoms with Crippen LogP contribution in [-0.2, 0) is 0 Å². The predicted octanol–water partition coefficient (Wildman–Crippen LogP) is 3.46. The lowest BCUT2D eigenvalue weighted by Crippen LogP contribution is -2.02. The van der Waals surface area contributed by atoms with Gasteiger partial charge >= 0.3 is 0 Å². The van der Waals surface area contributed by atoms with Gasteiger partial charge in [-0.2, -0.15) is 0 Å². The summed E-state index contributed by atoms with van der Waals surface area (Å²) >= 11 is 8.49. The predicted molar refractivity (Wildman–Crippen MR) is 92.9 cm³/mol. The summed E-state index contributed by atoms with van der Waals surface area (Å²) < 4.78 is 0. The van der Waals surface area contributed by atoms with Gasteiger partial charge in [-0.15, -0.1) is 23.1 Å². The molecule has 0 radical (unpaired) electrons. The Morgan fingerprint density at radius 1 is 1.23 bits per heavy atom. The molecule has 0 saturated heterocycles. The summed E-state index contributed by atoms with van der Waals surface area (Å²) in [5.74, 6) is 0.00591. The van der Waals surface area contributed by atoms with E-state index in [9.17, 15) is 4.79 Å². The van der Waals surface area contributed by atoms with Gasteiger partial charge in [-0.25, -0.2) is 9.97 Å². The smallest absolute Gasteiger partial charge is 0.222 e. The number of aromatic nitrogens is 2. The van der Waals surface area contributed by atoms with Crippen molar-refractivity contribution < 1.29 is 4.79 Å². The van der Waals surface area contributed by atoms with Crippen molar-refractivity contribution in [2.24, 2.45) is 0 Å². The van der Waals surface area contributed by atoms with E-state index in [1.165, 1.54) is 23.1 Å². The molecule has 22 heavy (non-hydrogen) atoms. The molecule has 0 amide bonds. The molecule has 0 bridgehead atoms. The third kappa shape index (κ3) is 2.51. The number of benzene rings is 1. The Morgan fingerprint density at radius 2 is 1.91 bits per heavy atom. The first-order chi connectivity index (χ1) is 10.5. The van der Waals surface area contributed by atoms with Gasteiger partial charge in [-0.05, 0) is 30.5 Å². The largest absolute Gasteiger partial charge is 0.397 e. The van der Waals surface area contributed by atoms with Crippen LogP contribution in [0.4, 0.5) is 11.6 Å². The zero-order valence-corrected chi connectivity index (χ0v) is 13.9. The van der Waals surface area contributed by atoms with Crippen LogP contribution in [0.5, 0.6) is 0 Å². The molecule has 0 spiro atoms. The molecule has 112 valence electrons. The van der Waals surface area contributed by atoms with Crippen molar-refractivity contribution in [2.45, 2.75) is 5.03 Å². The number of hydrogen-bond acceptors (Lipinski definition) is 7. The fourth-order valence-electron chi connectivity index (χ4n) is 2.05. The molecule has 0 unspecified atom stereocenters. The van der Waals surface area contributed by atoms with Crippen LogP contribution in [-0.4, -0.2) is 22.0 Å². The minimum atomic E-state index is -0.164. The SMILES string of the molecule is CSc1nc(N)nc2sc(C(=O)c3ccc(Cl)cc3)c(N)c12. The van der Waals surface area contributed by atoms with Crippen molar-refractivity contribution in [3.8, 4) is 0 Å². The summed E-state index contributed by atoms with van der Waals surface area (Å²) in [5.41, 5.74) is 12.8. The maximum Gasteiger partial charge on any atom is 0.222 e. The Hall–Kier alpha value is -1.83.